The van der Waals surface area contributed by atoms with Gasteiger partial charge in [-0.15, -0.1) is 0 Å². The summed E-state index contributed by atoms with van der Waals surface area (Å²) in [7, 11) is 0. The molecule has 0 bridgehead atoms. The molecule has 0 saturated heterocycles. The molecule has 0 amide bonds. The number of rotatable bonds is 5. The summed E-state index contributed by atoms with van der Waals surface area (Å²) in [6.07, 6.45) is 1.06. The molecule has 0 aliphatic rings. The number of aryl methyl sites for hydroxylation is 2. The van der Waals surface area contributed by atoms with Gasteiger partial charge in [-0.05, 0) is 61.2 Å². The quantitative estimate of drug-likeness (QED) is 0.635. The van der Waals surface area contributed by atoms with Gasteiger partial charge in [-0.25, -0.2) is 0 Å². The highest BCUT2D eigenvalue weighted by molar-refractivity contribution is 5.40. The van der Waals surface area contributed by atoms with Gasteiger partial charge in [0.2, 0.25) is 0 Å². The molecule has 2 aromatic rings. The number of nitrogens with two attached hydrogens (primary N) is 1. The first-order valence-corrected chi connectivity index (χ1v) is 6.76. The fourth-order valence-corrected chi connectivity index (χ4v) is 2.13. The van der Waals surface area contributed by atoms with Crippen LogP contribution in [0.25, 0.3) is 0 Å². The van der Waals surface area contributed by atoms with E-state index in [1.807, 2.05) is 18.2 Å². The minimum Gasteiger partial charge on any atom is -0.399 e. The maximum absolute atomic E-state index is 5.76. The minimum atomic E-state index is 0.827. The van der Waals surface area contributed by atoms with Crippen molar-refractivity contribution >= 4 is 5.69 Å². The molecular weight excluding hydrogens is 232 g/mol. The number of benzene rings is 2. The summed E-state index contributed by atoms with van der Waals surface area (Å²) in [5.74, 6) is 0. The molecule has 0 aliphatic carbocycles. The molecule has 2 aromatic carbocycles. The van der Waals surface area contributed by atoms with Crippen molar-refractivity contribution < 1.29 is 0 Å². The van der Waals surface area contributed by atoms with Gasteiger partial charge in [0, 0.05) is 12.2 Å². The van der Waals surface area contributed by atoms with E-state index in [9.17, 15) is 0 Å². The zero-order chi connectivity index (χ0) is 13.7. The van der Waals surface area contributed by atoms with E-state index < -0.39 is 0 Å². The van der Waals surface area contributed by atoms with E-state index >= 15 is 0 Å². The third-order valence-corrected chi connectivity index (χ3v) is 3.44. The van der Waals surface area contributed by atoms with Crippen LogP contribution in [0, 0.1) is 13.8 Å². The molecular formula is C17H22N2. The number of nitrogen functional groups attached to an aromatic ring is 1. The molecule has 0 heterocycles. The van der Waals surface area contributed by atoms with Crippen molar-refractivity contribution in [2.45, 2.75) is 26.8 Å². The molecule has 3 N–H and O–H groups in total. The maximum Gasteiger partial charge on any atom is 0.0317 e. The molecule has 0 aliphatic heterocycles. The molecule has 2 nitrogen and oxygen atoms in total. The lowest BCUT2D eigenvalue weighted by atomic mass is 10.0. The molecule has 0 radical (unpaired) electrons. The van der Waals surface area contributed by atoms with E-state index in [1.165, 1.54) is 22.3 Å². The lowest BCUT2D eigenvalue weighted by Crippen LogP contribution is -2.16. The molecule has 0 spiro atoms. The van der Waals surface area contributed by atoms with E-state index in [2.05, 4.69) is 43.4 Å². The molecule has 0 fully saturated rings. The van der Waals surface area contributed by atoms with Crippen LogP contribution in [0.2, 0.25) is 0 Å². The van der Waals surface area contributed by atoms with Crippen LogP contribution in [-0.2, 0) is 13.0 Å². The second kappa shape index (κ2) is 6.39. The smallest absolute Gasteiger partial charge is 0.0317 e. The van der Waals surface area contributed by atoms with Crippen LogP contribution in [0.1, 0.15) is 22.3 Å². The van der Waals surface area contributed by atoms with Crippen molar-refractivity contribution in [1.29, 1.82) is 0 Å². The number of nitrogens with one attached hydrogen (secondary N) is 1. The first kappa shape index (κ1) is 13.6. The Hall–Kier alpha value is -1.80. The van der Waals surface area contributed by atoms with Crippen LogP contribution in [0.5, 0.6) is 0 Å². The molecule has 0 unspecified atom stereocenters. The predicted octanol–water partition coefficient (Wildman–Crippen LogP) is 3.22. The van der Waals surface area contributed by atoms with Gasteiger partial charge in [0.15, 0.2) is 0 Å². The summed E-state index contributed by atoms with van der Waals surface area (Å²) in [5, 5.41) is 3.46. The Kier molecular flexibility index (Phi) is 4.58. The van der Waals surface area contributed by atoms with Crippen molar-refractivity contribution in [2.75, 3.05) is 12.3 Å². The summed E-state index contributed by atoms with van der Waals surface area (Å²) in [6, 6.07) is 14.7. The summed E-state index contributed by atoms with van der Waals surface area (Å²) in [4.78, 5) is 0. The predicted molar refractivity (Wildman–Crippen MR) is 82.2 cm³/mol. The van der Waals surface area contributed by atoms with E-state index in [0.29, 0.717) is 0 Å². The average molecular weight is 254 g/mol. The Morgan fingerprint density at radius 2 is 1.79 bits per heavy atom. The van der Waals surface area contributed by atoms with Crippen molar-refractivity contribution in [3.05, 3.63) is 64.7 Å². The highest BCUT2D eigenvalue weighted by atomic mass is 14.8. The monoisotopic (exact) mass is 254 g/mol. The van der Waals surface area contributed by atoms with Gasteiger partial charge < -0.3 is 11.1 Å². The normalized spacial score (nSPS) is 10.6. The van der Waals surface area contributed by atoms with E-state index in [4.69, 9.17) is 5.73 Å². The SMILES string of the molecule is Cc1ccc(CCNCc2cccc(N)c2)cc1C. The Balaban J connectivity index is 1.79. The second-order valence-corrected chi connectivity index (χ2v) is 5.09. The standard InChI is InChI=1S/C17H22N2/c1-13-6-7-15(10-14(13)2)8-9-19-12-16-4-3-5-17(18)11-16/h3-7,10-11,19H,8-9,12,18H2,1-2H3. The number of anilines is 1. The lowest BCUT2D eigenvalue weighted by Gasteiger charge is -2.07. The first-order valence-electron chi connectivity index (χ1n) is 6.76. The third kappa shape index (κ3) is 4.11. The highest BCUT2D eigenvalue weighted by Crippen LogP contribution is 2.10. The van der Waals surface area contributed by atoms with Crippen LogP contribution in [0.15, 0.2) is 42.5 Å². The van der Waals surface area contributed by atoms with Crippen molar-refractivity contribution in [1.82, 2.24) is 5.32 Å². The molecule has 0 atom stereocenters. The summed E-state index contributed by atoms with van der Waals surface area (Å²) >= 11 is 0. The number of hydrogen-bond donors (Lipinski definition) is 2. The van der Waals surface area contributed by atoms with Gasteiger partial charge in [0.05, 0.1) is 0 Å². The number of hydrogen-bond acceptors (Lipinski definition) is 2. The van der Waals surface area contributed by atoms with Crippen LogP contribution >= 0.6 is 0 Å². The summed E-state index contributed by atoms with van der Waals surface area (Å²) in [5.41, 5.74) is 11.9. The Morgan fingerprint density at radius 3 is 2.53 bits per heavy atom. The summed E-state index contributed by atoms with van der Waals surface area (Å²) in [6.45, 7) is 6.17. The Labute approximate surface area is 115 Å². The van der Waals surface area contributed by atoms with E-state index in [1.54, 1.807) is 0 Å². The van der Waals surface area contributed by atoms with Gasteiger partial charge in [0.1, 0.15) is 0 Å². The van der Waals surface area contributed by atoms with E-state index in [-0.39, 0.29) is 0 Å². The van der Waals surface area contributed by atoms with Crippen LogP contribution in [0.4, 0.5) is 5.69 Å². The maximum atomic E-state index is 5.76. The zero-order valence-electron chi connectivity index (χ0n) is 11.7. The van der Waals surface area contributed by atoms with Gasteiger partial charge in [-0.1, -0.05) is 30.3 Å². The molecule has 100 valence electrons. The average Bonchev–Trinajstić information content (AvgIpc) is 2.39. The van der Waals surface area contributed by atoms with Crippen molar-refractivity contribution in [3.8, 4) is 0 Å². The Bertz CT molecular complexity index is 547. The second-order valence-electron chi connectivity index (χ2n) is 5.09. The highest BCUT2D eigenvalue weighted by Gasteiger charge is 1.97. The molecule has 19 heavy (non-hydrogen) atoms. The molecule has 0 aromatic heterocycles. The topological polar surface area (TPSA) is 38.0 Å². The van der Waals surface area contributed by atoms with Crippen LogP contribution in [0.3, 0.4) is 0 Å². The first-order chi connectivity index (χ1) is 9.15. The van der Waals surface area contributed by atoms with Crippen molar-refractivity contribution in [3.63, 3.8) is 0 Å². The molecule has 2 rings (SSSR count). The van der Waals surface area contributed by atoms with Gasteiger partial charge in [-0.2, -0.15) is 0 Å². The Morgan fingerprint density at radius 1 is 0.947 bits per heavy atom. The van der Waals surface area contributed by atoms with Crippen molar-refractivity contribution in [2.24, 2.45) is 0 Å². The van der Waals surface area contributed by atoms with Gasteiger partial charge in [0.25, 0.3) is 0 Å². The fourth-order valence-electron chi connectivity index (χ4n) is 2.13. The van der Waals surface area contributed by atoms with Crippen LogP contribution < -0.4 is 11.1 Å². The molecule has 0 saturated carbocycles. The summed E-state index contributed by atoms with van der Waals surface area (Å²) < 4.78 is 0. The lowest BCUT2D eigenvalue weighted by molar-refractivity contribution is 0.687. The van der Waals surface area contributed by atoms with Crippen LogP contribution in [-0.4, -0.2) is 6.54 Å². The minimum absolute atomic E-state index is 0.827. The molecule has 2 heteroatoms. The largest absolute Gasteiger partial charge is 0.399 e. The fraction of sp³-hybridized carbons (Fsp3) is 0.294. The van der Waals surface area contributed by atoms with Gasteiger partial charge in [-0.3, -0.25) is 0 Å². The third-order valence-electron chi connectivity index (χ3n) is 3.44. The zero-order valence-corrected chi connectivity index (χ0v) is 11.7. The van der Waals surface area contributed by atoms with E-state index in [0.717, 1.165) is 25.2 Å². The van der Waals surface area contributed by atoms with Gasteiger partial charge >= 0.3 is 0 Å².